The lowest BCUT2D eigenvalue weighted by atomic mass is 10.1. The third kappa shape index (κ3) is 6.83. The maximum atomic E-state index is 12.3. The minimum absolute atomic E-state index is 0.101. The van der Waals surface area contributed by atoms with Crippen molar-refractivity contribution in [1.82, 2.24) is 10.6 Å². The monoisotopic (exact) mass is 428 g/mol. The van der Waals surface area contributed by atoms with Gasteiger partial charge in [0.05, 0.1) is 19.1 Å². The van der Waals surface area contributed by atoms with Gasteiger partial charge in [0.2, 0.25) is 0 Å². The molecule has 0 saturated carbocycles. The van der Waals surface area contributed by atoms with Crippen molar-refractivity contribution in [2.45, 2.75) is 32.8 Å². The Morgan fingerprint density at radius 3 is 2.50 bits per heavy atom. The molecule has 0 aromatic heterocycles. The number of esters is 1. The van der Waals surface area contributed by atoms with E-state index in [0.29, 0.717) is 22.3 Å². The van der Waals surface area contributed by atoms with E-state index in [1.165, 1.54) is 14.0 Å². The molecule has 1 aromatic carbocycles. The molecule has 0 fully saturated rings. The van der Waals surface area contributed by atoms with Crippen LogP contribution in [0.3, 0.4) is 0 Å². The van der Waals surface area contributed by atoms with Crippen LogP contribution in [0, 0.1) is 0 Å². The highest BCUT2D eigenvalue weighted by molar-refractivity contribution is 9.10. The Morgan fingerprint density at radius 1 is 1.19 bits per heavy atom. The standard InChI is InChI=1S/C17H21BrN2O6/c1-4-19-17(24)20-16(23)10(2)26-15(22)8-6-13(21)12-9-11(18)5-7-14(12)25-3/h5,7,9-10H,4,6,8H2,1-3H3,(H2,19,20,23,24). The average Bonchev–Trinajstić information content (AvgIpc) is 2.59. The van der Waals surface area contributed by atoms with Crippen molar-refractivity contribution in [3.8, 4) is 5.75 Å². The quantitative estimate of drug-likeness (QED) is 0.484. The Morgan fingerprint density at radius 2 is 1.88 bits per heavy atom. The van der Waals surface area contributed by atoms with Crippen LogP contribution in [0.2, 0.25) is 0 Å². The first-order chi connectivity index (χ1) is 12.3. The van der Waals surface area contributed by atoms with Crippen LogP contribution in [0.15, 0.2) is 22.7 Å². The Bertz CT molecular complexity index is 692. The fourth-order valence-electron chi connectivity index (χ4n) is 1.98. The molecule has 9 heteroatoms. The molecule has 2 N–H and O–H groups in total. The van der Waals surface area contributed by atoms with E-state index in [2.05, 4.69) is 21.2 Å². The molecule has 0 bridgehead atoms. The Labute approximate surface area is 159 Å². The lowest BCUT2D eigenvalue weighted by Crippen LogP contribution is -2.44. The van der Waals surface area contributed by atoms with Crippen molar-refractivity contribution < 1.29 is 28.7 Å². The smallest absolute Gasteiger partial charge is 0.321 e. The number of halogens is 1. The molecule has 8 nitrogen and oxygen atoms in total. The van der Waals surface area contributed by atoms with Gasteiger partial charge in [0.25, 0.3) is 5.91 Å². The molecule has 0 aliphatic carbocycles. The van der Waals surface area contributed by atoms with Gasteiger partial charge in [-0.3, -0.25) is 19.7 Å². The number of amides is 3. The first-order valence-electron chi connectivity index (χ1n) is 7.93. The number of ether oxygens (including phenoxy) is 2. The normalized spacial score (nSPS) is 11.2. The lowest BCUT2D eigenvalue weighted by Gasteiger charge is -2.13. The highest BCUT2D eigenvalue weighted by Crippen LogP contribution is 2.24. The van der Waals surface area contributed by atoms with Gasteiger partial charge in [-0.1, -0.05) is 15.9 Å². The molecule has 0 saturated heterocycles. The van der Waals surface area contributed by atoms with Crippen LogP contribution in [0.5, 0.6) is 5.75 Å². The van der Waals surface area contributed by atoms with Crippen molar-refractivity contribution in [1.29, 1.82) is 0 Å². The van der Waals surface area contributed by atoms with E-state index in [0.717, 1.165) is 0 Å². The predicted octanol–water partition coefficient (Wildman–Crippen LogP) is 2.20. The highest BCUT2D eigenvalue weighted by atomic mass is 79.9. The van der Waals surface area contributed by atoms with E-state index >= 15 is 0 Å². The number of methoxy groups -OCH3 is 1. The van der Waals surface area contributed by atoms with E-state index in [1.807, 2.05) is 5.32 Å². The summed E-state index contributed by atoms with van der Waals surface area (Å²) in [4.78, 5) is 47.1. The summed E-state index contributed by atoms with van der Waals surface area (Å²) >= 11 is 3.28. The molecule has 0 radical (unpaired) electrons. The number of rotatable bonds is 8. The number of imide groups is 1. The minimum atomic E-state index is -1.15. The number of ketones is 1. The van der Waals surface area contributed by atoms with Gasteiger partial charge >= 0.3 is 12.0 Å². The van der Waals surface area contributed by atoms with E-state index in [-0.39, 0.29) is 18.6 Å². The number of urea groups is 1. The van der Waals surface area contributed by atoms with Crippen LogP contribution in [-0.2, 0) is 14.3 Å². The number of hydrogen-bond donors (Lipinski definition) is 2. The highest BCUT2D eigenvalue weighted by Gasteiger charge is 2.21. The molecule has 3 amide bonds. The molecule has 1 atom stereocenters. The number of carbonyl (C=O) groups is 4. The number of hydrogen-bond acceptors (Lipinski definition) is 6. The Kier molecular flexibility index (Phi) is 8.77. The van der Waals surface area contributed by atoms with Gasteiger partial charge < -0.3 is 14.8 Å². The zero-order chi connectivity index (χ0) is 19.7. The van der Waals surface area contributed by atoms with Crippen LogP contribution < -0.4 is 15.4 Å². The zero-order valence-electron chi connectivity index (χ0n) is 14.8. The molecular weight excluding hydrogens is 408 g/mol. The maximum Gasteiger partial charge on any atom is 0.321 e. The molecule has 0 spiro atoms. The summed E-state index contributed by atoms with van der Waals surface area (Å²) in [5.74, 6) is -1.35. The summed E-state index contributed by atoms with van der Waals surface area (Å²) in [5, 5.41) is 4.43. The molecule has 142 valence electrons. The van der Waals surface area contributed by atoms with Crippen molar-refractivity contribution >= 4 is 39.6 Å². The number of benzene rings is 1. The average molecular weight is 429 g/mol. The van der Waals surface area contributed by atoms with Crippen molar-refractivity contribution in [2.24, 2.45) is 0 Å². The molecule has 26 heavy (non-hydrogen) atoms. The second-order valence-electron chi connectivity index (χ2n) is 5.25. The predicted molar refractivity (Wildman–Crippen MR) is 97.0 cm³/mol. The fourth-order valence-corrected chi connectivity index (χ4v) is 2.34. The first kappa shape index (κ1) is 21.6. The van der Waals surface area contributed by atoms with Crippen LogP contribution in [-0.4, -0.2) is 43.4 Å². The summed E-state index contributed by atoms with van der Waals surface area (Å²) < 4.78 is 10.8. The fraction of sp³-hybridized carbons (Fsp3) is 0.412. The molecule has 0 aliphatic rings. The van der Waals surface area contributed by atoms with E-state index in [1.54, 1.807) is 25.1 Å². The Hall–Kier alpha value is -2.42. The molecule has 0 aliphatic heterocycles. The van der Waals surface area contributed by atoms with Crippen LogP contribution >= 0.6 is 15.9 Å². The van der Waals surface area contributed by atoms with Crippen molar-refractivity contribution in [3.63, 3.8) is 0 Å². The second-order valence-corrected chi connectivity index (χ2v) is 6.16. The van der Waals surface area contributed by atoms with E-state index in [9.17, 15) is 19.2 Å². The second kappa shape index (κ2) is 10.5. The molecule has 1 rings (SSSR count). The van der Waals surface area contributed by atoms with E-state index < -0.39 is 24.0 Å². The topological polar surface area (TPSA) is 111 Å². The van der Waals surface area contributed by atoms with Crippen molar-refractivity contribution in [2.75, 3.05) is 13.7 Å². The summed E-state index contributed by atoms with van der Waals surface area (Å²) in [7, 11) is 1.45. The van der Waals surface area contributed by atoms with Crippen LogP contribution in [0.4, 0.5) is 4.79 Å². The molecular formula is C17H21BrN2O6. The van der Waals surface area contributed by atoms with Gasteiger partial charge in [0, 0.05) is 17.4 Å². The van der Waals surface area contributed by atoms with Gasteiger partial charge in [-0.05, 0) is 32.0 Å². The van der Waals surface area contributed by atoms with Gasteiger partial charge in [0.15, 0.2) is 11.9 Å². The van der Waals surface area contributed by atoms with Gasteiger partial charge in [-0.25, -0.2) is 4.79 Å². The molecule has 1 unspecified atom stereocenters. The SMILES string of the molecule is CCNC(=O)NC(=O)C(C)OC(=O)CCC(=O)c1cc(Br)ccc1OC. The van der Waals surface area contributed by atoms with Gasteiger partial charge in [0.1, 0.15) is 5.75 Å². The van der Waals surface area contributed by atoms with Gasteiger partial charge in [-0.2, -0.15) is 0 Å². The third-order valence-corrected chi connectivity index (χ3v) is 3.76. The minimum Gasteiger partial charge on any atom is -0.496 e. The lowest BCUT2D eigenvalue weighted by molar-refractivity contribution is -0.154. The zero-order valence-corrected chi connectivity index (χ0v) is 16.3. The summed E-state index contributed by atoms with van der Waals surface area (Å²) in [6.45, 7) is 3.39. The number of nitrogens with one attached hydrogen (secondary N) is 2. The molecule has 0 heterocycles. The number of Topliss-reactive ketones (excluding diaryl/α,β-unsaturated/α-hetero) is 1. The largest absolute Gasteiger partial charge is 0.496 e. The van der Waals surface area contributed by atoms with E-state index in [4.69, 9.17) is 9.47 Å². The molecule has 1 aromatic rings. The third-order valence-electron chi connectivity index (χ3n) is 3.27. The van der Waals surface area contributed by atoms with Crippen LogP contribution in [0.1, 0.15) is 37.0 Å². The maximum absolute atomic E-state index is 12.3. The van der Waals surface area contributed by atoms with Crippen LogP contribution in [0.25, 0.3) is 0 Å². The Balaban J connectivity index is 2.53. The summed E-state index contributed by atoms with van der Waals surface area (Å²) in [5.41, 5.74) is 0.344. The first-order valence-corrected chi connectivity index (χ1v) is 8.72. The number of carbonyl (C=O) groups excluding carboxylic acids is 4. The summed E-state index contributed by atoms with van der Waals surface area (Å²) in [6, 6.07) is 4.31. The van der Waals surface area contributed by atoms with Gasteiger partial charge in [-0.15, -0.1) is 0 Å². The summed E-state index contributed by atoms with van der Waals surface area (Å²) in [6.07, 6.45) is -1.45. The van der Waals surface area contributed by atoms with Crippen molar-refractivity contribution in [3.05, 3.63) is 28.2 Å².